The fraction of sp³-hybridized carbons (Fsp3) is 0.136. The van der Waals surface area contributed by atoms with Gasteiger partial charge in [-0.15, -0.1) is 0 Å². The van der Waals surface area contributed by atoms with Crippen molar-refractivity contribution in [2.45, 2.75) is 9.79 Å². The SMILES string of the molecule is COc1ccc2cc(S(=O)(=O)c3cccc4c(N(C)C)cccc34)c(=O)oc2c1. The molecule has 0 N–H and O–H groups in total. The van der Waals surface area contributed by atoms with E-state index in [9.17, 15) is 13.2 Å². The monoisotopic (exact) mass is 409 g/mol. The molecule has 7 heteroatoms. The third kappa shape index (κ3) is 3.13. The lowest BCUT2D eigenvalue weighted by Gasteiger charge is -2.16. The predicted octanol–water partition coefficient (Wildman–Crippen LogP) is 3.85. The van der Waals surface area contributed by atoms with E-state index in [4.69, 9.17) is 9.15 Å². The topological polar surface area (TPSA) is 76.8 Å². The fourth-order valence-electron chi connectivity index (χ4n) is 3.39. The van der Waals surface area contributed by atoms with Gasteiger partial charge in [0.2, 0.25) is 9.84 Å². The summed E-state index contributed by atoms with van der Waals surface area (Å²) in [5.74, 6) is 0.515. The zero-order valence-electron chi connectivity index (χ0n) is 16.2. The van der Waals surface area contributed by atoms with E-state index in [1.54, 1.807) is 36.4 Å². The first kappa shape index (κ1) is 19.0. The van der Waals surface area contributed by atoms with E-state index in [2.05, 4.69) is 0 Å². The van der Waals surface area contributed by atoms with Crippen molar-refractivity contribution in [3.05, 3.63) is 71.1 Å². The van der Waals surface area contributed by atoms with Crippen LogP contribution in [0.3, 0.4) is 0 Å². The predicted molar refractivity (Wildman–Crippen MR) is 113 cm³/mol. The molecule has 0 spiro atoms. The molecule has 1 aromatic heterocycles. The van der Waals surface area contributed by atoms with Crippen LogP contribution >= 0.6 is 0 Å². The second-order valence-corrected chi connectivity index (χ2v) is 8.71. The highest BCUT2D eigenvalue weighted by Crippen LogP contribution is 2.33. The molecule has 0 fully saturated rings. The smallest absolute Gasteiger partial charge is 0.355 e. The first-order chi connectivity index (χ1) is 13.8. The summed E-state index contributed by atoms with van der Waals surface area (Å²) in [6.45, 7) is 0. The number of benzene rings is 3. The number of methoxy groups -OCH3 is 1. The largest absolute Gasteiger partial charge is 0.497 e. The van der Waals surface area contributed by atoms with Crippen molar-refractivity contribution in [3.8, 4) is 5.75 Å². The van der Waals surface area contributed by atoms with Gasteiger partial charge >= 0.3 is 5.63 Å². The van der Waals surface area contributed by atoms with Gasteiger partial charge in [-0.05, 0) is 30.3 Å². The molecule has 0 aliphatic rings. The van der Waals surface area contributed by atoms with Gasteiger partial charge in [-0.25, -0.2) is 13.2 Å². The van der Waals surface area contributed by atoms with Gasteiger partial charge in [0, 0.05) is 42.0 Å². The van der Waals surface area contributed by atoms with Gasteiger partial charge in [-0.2, -0.15) is 0 Å². The maximum absolute atomic E-state index is 13.4. The number of nitrogens with zero attached hydrogens (tertiary/aromatic N) is 1. The average molecular weight is 409 g/mol. The van der Waals surface area contributed by atoms with Crippen molar-refractivity contribution in [2.24, 2.45) is 0 Å². The van der Waals surface area contributed by atoms with Crippen molar-refractivity contribution < 1.29 is 17.6 Å². The molecule has 4 aromatic rings. The normalized spacial score (nSPS) is 11.7. The summed E-state index contributed by atoms with van der Waals surface area (Å²) in [6.07, 6.45) is 0. The zero-order chi connectivity index (χ0) is 20.8. The van der Waals surface area contributed by atoms with Gasteiger partial charge in [0.15, 0.2) is 4.90 Å². The fourth-order valence-corrected chi connectivity index (χ4v) is 4.90. The summed E-state index contributed by atoms with van der Waals surface area (Å²) in [6, 6.07) is 16.7. The number of sulfone groups is 1. The minimum atomic E-state index is -4.10. The molecule has 1 heterocycles. The number of hydrogen-bond donors (Lipinski definition) is 0. The Morgan fingerprint density at radius 2 is 1.62 bits per heavy atom. The lowest BCUT2D eigenvalue weighted by atomic mass is 10.1. The summed E-state index contributed by atoms with van der Waals surface area (Å²) >= 11 is 0. The zero-order valence-corrected chi connectivity index (χ0v) is 17.0. The summed E-state index contributed by atoms with van der Waals surface area (Å²) in [5, 5.41) is 1.83. The van der Waals surface area contributed by atoms with Gasteiger partial charge in [0.05, 0.1) is 12.0 Å². The quantitative estimate of drug-likeness (QED) is 0.477. The molecular weight excluding hydrogens is 390 g/mol. The summed E-state index contributed by atoms with van der Waals surface area (Å²) < 4.78 is 37.3. The molecule has 0 radical (unpaired) electrons. The van der Waals surface area contributed by atoms with E-state index in [1.165, 1.54) is 19.2 Å². The van der Waals surface area contributed by atoms with E-state index >= 15 is 0 Å². The Morgan fingerprint density at radius 3 is 2.34 bits per heavy atom. The van der Waals surface area contributed by atoms with Gasteiger partial charge in [-0.3, -0.25) is 0 Å². The summed E-state index contributed by atoms with van der Waals surface area (Å²) in [5.41, 5.74) is 0.241. The van der Waals surface area contributed by atoms with Crippen LogP contribution < -0.4 is 15.3 Å². The lowest BCUT2D eigenvalue weighted by molar-refractivity contribution is 0.414. The first-order valence-corrected chi connectivity index (χ1v) is 10.4. The number of fused-ring (bicyclic) bond motifs is 2. The second-order valence-electron chi connectivity index (χ2n) is 6.83. The van der Waals surface area contributed by atoms with Crippen LogP contribution in [0.15, 0.2) is 79.7 Å². The van der Waals surface area contributed by atoms with Crippen LogP contribution in [-0.4, -0.2) is 29.6 Å². The van der Waals surface area contributed by atoms with Crippen LogP contribution in [0.1, 0.15) is 0 Å². The van der Waals surface area contributed by atoms with Crippen LogP contribution in [0.5, 0.6) is 5.75 Å². The van der Waals surface area contributed by atoms with Gasteiger partial charge < -0.3 is 14.1 Å². The molecule has 0 atom stereocenters. The highest BCUT2D eigenvalue weighted by molar-refractivity contribution is 7.91. The van der Waals surface area contributed by atoms with Gasteiger partial charge in [0.25, 0.3) is 0 Å². The Balaban J connectivity index is 1.98. The number of ether oxygens (including phenoxy) is 1. The van der Waals surface area contributed by atoms with Crippen molar-refractivity contribution in [3.63, 3.8) is 0 Å². The van der Waals surface area contributed by atoms with E-state index in [-0.39, 0.29) is 10.5 Å². The summed E-state index contributed by atoms with van der Waals surface area (Å²) in [4.78, 5) is 14.2. The van der Waals surface area contributed by atoms with E-state index < -0.39 is 20.4 Å². The van der Waals surface area contributed by atoms with Crippen LogP contribution in [0.2, 0.25) is 0 Å². The number of rotatable bonds is 4. The number of anilines is 1. The van der Waals surface area contributed by atoms with E-state index in [1.807, 2.05) is 31.1 Å². The molecule has 0 bridgehead atoms. The maximum Gasteiger partial charge on any atom is 0.355 e. The molecule has 0 amide bonds. The molecule has 0 aliphatic carbocycles. The molecule has 0 saturated carbocycles. The van der Waals surface area contributed by atoms with Crippen molar-refractivity contribution >= 4 is 37.3 Å². The second kappa shape index (κ2) is 6.93. The van der Waals surface area contributed by atoms with Crippen molar-refractivity contribution in [1.29, 1.82) is 0 Å². The van der Waals surface area contributed by atoms with Crippen LogP contribution in [0, 0.1) is 0 Å². The molecule has 0 aliphatic heterocycles. The molecular formula is C22H19NO5S. The molecule has 0 saturated heterocycles. The molecule has 4 rings (SSSR count). The third-order valence-electron chi connectivity index (χ3n) is 4.83. The first-order valence-electron chi connectivity index (χ1n) is 8.89. The molecule has 3 aromatic carbocycles. The highest BCUT2D eigenvalue weighted by Gasteiger charge is 2.26. The Kier molecular flexibility index (Phi) is 4.55. The molecule has 29 heavy (non-hydrogen) atoms. The van der Waals surface area contributed by atoms with Gasteiger partial charge in [0.1, 0.15) is 11.3 Å². The van der Waals surface area contributed by atoms with Crippen molar-refractivity contribution in [1.82, 2.24) is 0 Å². The van der Waals surface area contributed by atoms with Gasteiger partial charge in [-0.1, -0.05) is 24.3 Å². The molecule has 148 valence electrons. The Labute approximate surface area is 167 Å². The van der Waals surface area contributed by atoms with Crippen LogP contribution in [0.4, 0.5) is 5.69 Å². The Hall–Kier alpha value is -3.32. The minimum absolute atomic E-state index is 0.0684. The van der Waals surface area contributed by atoms with Crippen LogP contribution in [-0.2, 0) is 9.84 Å². The third-order valence-corrected chi connectivity index (χ3v) is 6.63. The number of hydrogen-bond acceptors (Lipinski definition) is 6. The highest BCUT2D eigenvalue weighted by atomic mass is 32.2. The Morgan fingerprint density at radius 1 is 0.897 bits per heavy atom. The van der Waals surface area contributed by atoms with Crippen molar-refractivity contribution in [2.75, 3.05) is 26.1 Å². The molecule has 0 unspecified atom stereocenters. The summed E-state index contributed by atoms with van der Waals surface area (Å²) in [7, 11) is 1.18. The lowest BCUT2D eigenvalue weighted by Crippen LogP contribution is -2.15. The average Bonchev–Trinajstić information content (AvgIpc) is 2.71. The van der Waals surface area contributed by atoms with Crippen LogP contribution in [0.25, 0.3) is 21.7 Å². The molecule has 6 nitrogen and oxygen atoms in total. The van der Waals surface area contributed by atoms with E-state index in [0.717, 1.165) is 11.1 Å². The van der Waals surface area contributed by atoms with E-state index in [0.29, 0.717) is 16.5 Å². The maximum atomic E-state index is 13.4. The Bertz CT molecular complexity index is 1400. The minimum Gasteiger partial charge on any atom is -0.497 e. The standard InChI is InChI=1S/C22H19NO5S/c1-23(2)18-8-4-7-17-16(18)6-5-9-20(17)29(25,26)21-12-14-10-11-15(27-3)13-19(14)28-22(21)24/h4-13H,1-3H3.